The van der Waals surface area contributed by atoms with Gasteiger partial charge in [0.05, 0.1) is 6.04 Å². The molecule has 1 N–H and O–H groups in total. The average molecular weight is 296 g/mol. The smallest absolute Gasteiger partial charge is 0.240 e. The van der Waals surface area contributed by atoms with Gasteiger partial charge in [-0.1, -0.05) is 29.3 Å². The van der Waals surface area contributed by atoms with Crippen LogP contribution in [0.4, 0.5) is 5.95 Å². The molecule has 0 spiro atoms. The Morgan fingerprint density at radius 1 is 0.955 bits per heavy atom. The highest BCUT2D eigenvalue weighted by molar-refractivity contribution is 5.35. The second kappa shape index (κ2) is 6.05. The number of rotatable bonds is 2. The van der Waals surface area contributed by atoms with Crippen molar-refractivity contribution in [3.63, 3.8) is 0 Å². The zero-order chi connectivity index (χ0) is 15.7. The fourth-order valence-electron chi connectivity index (χ4n) is 3.21. The van der Waals surface area contributed by atoms with Crippen LogP contribution in [0.15, 0.2) is 24.3 Å². The Morgan fingerprint density at radius 3 is 2.23 bits per heavy atom. The lowest BCUT2D eigenvalue weighted by atomic mass is 9.97. The molecule has 2 heterocycles. The minimum Gasteiger partial charge on any atom is -0.276 e. The van der Waals surface area contributed by atoms with Gasteiger partial charge in [-0.25, -0.2) is 15.4 Å². The molecular formula is C18H24N4. The van der Waals surface area contributed by atoms with E-state index in [1.54, 1.807) is 0 Å². The molecule has 0 saturated carbocycles. The van der Waals surface area contributed by atoms with Crippen molar-refractivity contribution in [2.45, 2.75) is 46.6 Å². The van der Waals surface area contributed by atoms with Crippen LogP contribution >= 0.6 is 0 Å². The monoisotopic (exact) mass is 296 g/mol. The number of hydrazine groups is 1. The first-order valence-electron chi connectivity index (χ1n) is 7.95. The Kier molecular flexibility index (Phi) is 4.12. The molecule has 1 aromatic carbocycles. The maximum absolute atomic E-state index is 4.57. The number of anilines is 1. The highest BCUT2D eigenvalue weighted by Crippen LogP contribution is 2.26. The van der Waals surface area contributed by atoms with Crippen molar-refractivity contribution in [3.8, 4) is 0 Å². The lowest BCUT2D eigenvalue weighted by molar-refractivity contribution is 0.398. The van der Waals surface area contributed by atoms with Crippen LogP contribution in [0, 0.1) is 27.7 Å². The van der Waals surface area contributed by atoms with Gasteiger partial charge in [-0.2, -0.15) is 0 Å². The molecule has 0 radical (unpaired) electrons. The minimum atomic E-state index is 0.330. The predicted octanol–water partition coefficient (Wildman–Crippen LogP) is 3.56. The Balaban J connectivity index is 1.84. The molecule has 3 rings (SSSR count). The van der Waals surface area contributed by atoms with Gasteiger partial charge in [-0.3, -0.25) is 5.01 Å². The molecular weight excluding hydrogens is 272 g/mol. The maximum Gasteiger partial charge on any atom is 0.240 e. The third-order valence-corrected chi connectivity index (χ3v) is 4.04. The normalized spacial score (nSPS) is 18.5. The number of aromatic nitrogens is 2. The van der Waals surface area contributed by atoms with Gasteiger partial charge in [0.15, 0.2) is 0 Å². The van der Waals surface area contributed by atoms with Crippen molar-refractivity contribution in [2.24, 2.45) is 0 Å². The molecule has 116 valence electrons. The fourth-order valence-corrected chi connectivity index (χ4v) is 3.21. The van der Waals surface area contributed by atoms with Crippen molar-refractivity contribution < 1.29 is 0 Å². The van der Waals surface area contributed by atoms with E-state index >= 15 is 0 Å². The van der Waals surface area contributed by atoms with Crippen LogP contribution in [0.1, 0.15) is 47.0 Å². The van der Waals surface area contributed by atoms with Crippen LogP contribution in [0.5, 0.6) is 0 Å². The molecule has 1 atom stereocenters. The summed E-state index contributed by atoms with van der Waals surface area (Å²) < 4.78 is 0. The molecule has 1 aromatic heterocycles. The van der Waals surface area contributed by atoms with Crippen LogP contribution in [0.2, 0.25) is 0 Å². The average Bonchev–Trinajstić information content (AvgIpc) is 2.45. The SMILES string of the molecule is Cc1cc(C)cc([C@H]2CCCN(c3nc(C)cc(C)n3)N2)c1. The standard InChI is InChI=1S/C18H24N4/c1-12-8-13(2)10-16(9-12)17-6-5-7-22(21-17)18-19-14(3)11-15(4)20-18/h8-11,17,21H,5-7H2,1-4H3/t17-/m1/s1. The van der Waals surface area contributed by atoms with Crippen molar-refractivity contribution in [3.05, 3.63) is 52.3 Å². The van der Waals surface area contributed by atoms with Gasteiger partial charge < -0.3 is 0 Å². The van der Waals surface area contributed by atoms with Gasteiger partial charge in [0.2, 0.25) is 5.95 Å². The van der Waals surface area contributed by atoms with Crippen molar-refractivity contribution >= 4 is 5.95 Å². The maximum atomic E-state index is 4.57. The van der Waals surface area contributed by atoms with Gasteiger partial charge in [-0.15, -0.1) is 0 Å². The number of hydrogen-bond donors (Lipinski definition) is 1. The summed E-state index contributed by atoms with van der Waals surface area (Å²) in [7, 11) is 0. The van der Waals surface area contributed by atoms with Crippen LogP contribution in [-0.2, 0) is 0 Å². The number of benzene rings is 1. The Morgan fingerprint density at radius 2 is 1.59 bits per heavy atom. The first-order valence-corrected chi connectivity index (χ1v) is 7.95. The van der Waals surface area contributed by atoms with Gasteiger partial charge >= 0.3 is 0 Å². The topological polar surface area (TPSA) is 41.1 Å². The van der Waals surface area contributed by atoms with Crippen LogP contribution in [0.25, 0.3) is 0 Å². The molecule has 1 fully saturated rings. The summed E-state index contributed by atoms with van der Waals surface area (Å²) in [5, 5.41) is 2.10. The van der Waals surface area contributed by atoms with E-state index < -0.39 is 0 Å². The first-order chi connectivity index (χ1) is 10.5. The van der Waals surface area contributed by atoms with Crippen LogP contribution in [0.3, 0.4) is 0 Å². The van der Waals surface area contributed by atoms with E-state index in [1.807, 2.05) is 19.9 Å². The predicted molar refractivity (Wildman–Crippen MR) is 89.9 cm³/mol. The molecule has 2 aromatic rings. The highest BCUT2D eigenvalue weighted by atomic mass is 15.6. The molecule has 0 aliphatic carbocycles. The lowest BCUT2D eigenvalue weighted by Gasteiger charge is -2.34. The first kappa shape index (κ1) is 15.0. The molecule has 22 heavy (non-hydrogen) atoms. The van der Waals surface area contributed by atoms with Gasteiger partial charge in [0, 0.05) is 17.9 Å². The zero-order valence-electron chi connectivity index (χ0n) is 13.8. The molecule has 1 aliphatic rings. The fraction of sp³-hybridized carbons (Fsp3) is 0.444. The van der Waals surface area contributed by atoms with E-state index in [-0.39, 0.29) is 0 Å². The van der Waals surface area contributed by atoms with Crippen molar-refractivity contribution in [1.82, 2.24) is 15.4 Å². The van der Waals surface area contributed by atoms with E-state index in [0.717, 1.165) is 36.7 Å². The van der Waals surface area contributed by atoms with Crippen LogP contribution in [-0.4, -0.2) is 16.5 Å². The summed E-state index contributed by atoms with van der Waals surface area (Å²) in [4.78, 5) is 9.15. The third kappa shape index (κ3) is 3.28. The van der Waals surface area contributed by atoms with E-state index in [4.69, 9.17) is 0 Å². The zero-order valence-corrected chi connectivity index (χ0v) is 13.8. The summed E-state index contributed by atoms with van der Waals surface area (Å²) in [6.07, 6.45) is 2.28. The molecule has 4 heteroatoms. The summed E-state index contributed by atoms with van der Waals surface area (Å²) in [5.41, 5.74) is 9.61. The molecule has 0 unspecified atom stereocenters. The number of aryl methyl sites for hydroxylation is 4. The van der Waals surface area contributed by atoms with Crippen molar-refractivity contribution in [2.75, 3.05) is 11.6 Å². The van der Waals surface area contributed by atoms with Gasteiger partial charge in [0.1, 0.15) is 0 Å². The highest BCUT2D eigenvalue weighted by Gasteiger charge is 2.23. The quantitative estimate of drug-likeness (QED) is 0.920. The van der Waals surface area contributed by atoms with Gasteiger partial charge in [-0.05, 0) is 52.2 Å². The molecule has 1 saturated heterocycles. The molecule has 0 amide bonds. The minimum absolute atomic E-state index is 0.330. The summed E-state index contributed by atoms with van der Waals surface area (Å²) in [6, 6.07) is 9.11. The summed E-state index contributed by atoms with van der Waals surface area (Å²) >= 11 is 0. The Labute approximate surface area is 132 Å². The van der Waals surface area contributed by atoms with E-state index in [0.29, 0.717) is 6.04 Å². The number of nitrogens with one attached hydrogen (secondary N) is 1. The Hall–Kier alpha value is -1.94. The van der Waals surface area contributed by atoms with Gasteiger partial charge in [0.25, 0.3) is 0 Å². The van der Waals surface area contributed by atoms with E-state index in [2.05, 4.69) is 52.4 Å². The second-order valence-electron chi connectivity index (χ2n) is 6.35. The number of nitrogens with zero attached hydrogens (tertiary/aromatic N) is 3. The second-order valence-corrected chi connectivity index (χ2v) is 6.35. The van der Waals surface area contributed by atoms with Crippen molar-refractivity contribution in [1.29, 1.82) is 0 Å². The third-order valence-electron chi connectivity index (χ3n) is 4.04. The largest absolute Gasteiger partial charge is 0.276 e. The molecule has 1 aliphatic heterocycles. The number of hydrogen-bond acceptors (Lipinski definition) is 4. The lowest BCUT2D eigenvalue weighted by Crippen LogP contribution is -2.46. The van der Waals surface area contributed by atoms with E-state index in [1.165, 1.54) is 16.7 Å². The Bertz CT molecular complexity index is 583. The summed E-state index contributed by atoms with van der Waals surface area (Å²) in [6.45, 7) is 9.30. The molecule has 0 bridgehead atoms. The molecule has 4 nitrogen and oxygen atoms in total. The van der Waals surface area contributed by atoms with Crippen LogP contribution < -0.4 is 10.4 Å². The summed E-state index contributed by atoms with van der Waals surface area (Å²) in [5.74, 6) is 0.784. The van der Waals surface area contributed by atoms with E-state index in [9.17, 15) is 0 Å².